The molecule has 0 aromatic heterocycles. The molecule has 2 fully saturated rings. The van der Waals surface area contributed by atoms with E-state index in [1.807, 2.05) is 0 Å². The molecule has 4 rings (SSSR count). The van der Waals surface area contributed by atoms with Gasteiger partial charge in [0.1, 0.15) is 0 Å². The third kappa shape index (κ3) is 4.05. The molecule has 2 saturated carbocycles. The van der Waals surface area contributed by atoms with Crippen molar-refractivity contribution in [3.8, 4) is 0 Å². The summed E-state index contributed by atoms with van der Waals surface area (Å²) in [5.41, 5.74) is 4.37. The Bertz CT molecular complexity index is 636. The Balaban J connectivity index is 0.00000240. The molecule has 1 nitrogen and oxygen atoms in total. The van der Waals surface area contributed by atoms with E-state index in [-0.39, 0.29) is 7.43 Å². The summed E-state index contributed by atoms with van der Waals surface area (Å²) in [6.45, 7) is 7.68. The Morgan fingerprint density at radius 1 is 1.07 bits per heavy atom. The average molecular weight is 396 g/mol. The van der Waals surface area contributed by atoms with Crippen LogP contribution in [0.4, 0.5) is 0 Å². The van der Waals surface area contributed by atoms with Crippen molar-refractivity contribution in [3.05, 3.63) is 23.3 Å². The van der Waals surface area contributed by atoms with Gasteiger partial charge in [-0.15, -0.1) is 0 Å². The predicted octanol–water partition coefficient (Wildman–Crippen LogP) is 7.27. The Kier molecular flexibility index (Phi) is 7.14. The summed E-state index contributed by atoms with van der Waals surface area (Å²) >= 11 is 0. The number of hydrogen-bond acceptors (Lipinski definition) is 1. The number of unbranched alkanes of at least 4 members (excludes halogenated alkanes) is 1. The molecule has 0 aromatic rings. The lowest BCUT2D eigenvalue weighted by Gasteiger charge is -2.58. The van der Waals surface area contributed by atoms with Gasteiger partial charge in [-0.2, -0.15) is 0 Å². The molecular weight excluding hydrogens is 351 g/mol. The lowest BCUT2D eigenvalue weighted by atomic mass is 9.46. The van der Waals surface area contributed by atoms with Crippen LogP contribution in [0.15, 0.2) is 23.3 Å². The minimum absolute atomic E-state index is 0. The third-order valence-electron chi connectivity index (χ3n) is 9.59. The highest BCUT2D eigenvalue weighted by molar-refractivity contribution is 6.11. The number of aliphatic hydroxyl groups is 1. The number of allylic oxidation sites excluding steroid dienone is 4. The van der Waals surface area contributed by atoms with Crippen LogP contribution in [0, 0.1) is 34.5 Å². The first-order valence-electron chi connectivity index (χ1n) is 12.1. The Morgan fingerprint density at radius 2 is 1.83 bits per heavy atom. The monoisotopic (exact) mass is 396 g/mol. The van der Waals surface area contributed by atoms with E-state index in [4.69, 9.17) is 7.85 Å². The maximum Gasteiger partial charge on any atom is 0.0703 e. The van der Waals surface area contributed by atoms with E-state index in [0.29, 0.717) is 29.2 Å². The fourth-order valence-corrected chi connectivity index (χ4v) is 7.63. The second-order valence-corrected chi connectivity index (χ2v) is 11.2. The molecule has 2 heteroatoms. The van der Waals surface area contributed by atoms with Gasteiger partial charge in [0.25, 0.3) is 0 Å². The summed E-state index contributed by atoms with van der Waals surface area (Å²) in [5.74, 6) is 3.49. The molecular formula is C27H45BO. The van der Waals surface area contributed by atoms with Gasteiger partial charge in [-0.25, -0.2) is 0 Å². The zero-order valence-electron chi connectivity index (χ0n) is 18.6. The van der Waals surface area contributed by atoms with Crippen LogP contribution in [-0.4, -0.2) is 19.6 Å². The Labute approximate surface area is 182 Å². The molecule has 162 valence electrons. The van der Waals surface area contributed by atoms with E-state index < -0.39 is 0 Å². The van der Waals surface area contributed by atoms with Crippen LogP contribution in [0.2, 0.25) is 5.82 Å². The van der Waals surface area contributed by atoms with Gasteiger partial charge in [-0.3, -0.25) is 0 Å². The molecule has 0 saturated heterocycles. The summed E-state index contributed by atoms with van der Waals surface area (Å²) in [6, 6.07) is 0. The van der Waals surface area contributed by atoms with Gasteiger partial charge < -0.3 is 5.11 Å². The van der Waals surface area contributed by atoms with Crippen LogP contribution in [0.5, 0.6) is 0 Å². The minimum Gasteiger partial charge on any atom is -0.396 e. The van der Waals surface area contributed by atoms with Crippen LogP contribution >= 0.6 is 0 Å². The maximum absolute atomic E-state index is 9.25. The van der Waals surface area contributed by atoms with Gasteiger partial charge in [-0.1, -0.05) is 70.2 Å². The Hall–Kier alpha value is -0.495. The van der Waals surface area contributed by atoms with Crippen molar-refractivity contribution < 1.29 is 5.11 Å². The van der Waals surface area contributed by atoms with Crippen molar-refractivity contribution in [2.45, 2.75) is 105 Å². The highest BCUT2D eigenvalue weighted by Crippen LogP contribution is 2.65. The Morgan fingerprint density at radius 3 is 2.59 bits per heavy atom. The molecule has 0 heterocycles. The fraction of sp³-hybridized carbons (Fsp3) is 0.852. The van der Waals surface area contributed by atoms with Crippen LogP contribution in [-0.2, 0) is 0 Å². The van der Waals surface area contributed by atoms with E-state index in [9.17, 15) is 5.11 Å². The van der Waals surface area contributed by atoms with E-state index in [1.165, 1.54) is 64.2 Å². The summed E-state index contributed by atoms with van der Waals surface area (Å²) in [5, 5.41) is 9.25. The second kappa shape index (κ2) is 8.93. The number of rotatable bonds is 6. The standard InChI is InChI=1S/C26H41BO.CH4/c1-18(17-28)6-4-5-7-19-9-11-23-22-10-8-20-16-21(27)12-14-26(20,3)24(22)13-15-25(19,23)2;/h8-9,18,21-24,28H,4-7,10-17H2,1-3H3;1H4. The van der Waals surface area contributed by atoms with Gasteiger partial charge in [-0.05, 0) is 92.3 Å². The summed E-state index contributed by atoms with van der Waals surface area (Å²) in [6.07, 6.45) is 19.4. The van der Waals surface area contributed by atoms with Crippen molar-refractivity contribution in [2.75, 3.05) is 6.61 Å². The molecule has 0 spiro atoms. The highest BCUT2D eigenvalue weighted by Gasteiger charge is 2.56. The number of fused-ring (bicyclic) bond motifs is 5. The normalized spacial score (nSPS) is 41.9. The highest BCUT2D eigenvalue weighted by atomic mass is 16.3. The van der Waals surface area contributed by atoms with E-state index >= 15 is 0 Å². The molecule has 7 unspecified atom stereocenters. The van der Waals surface area contributed by atoms with E-state index in [0.717, 1.165) is 24.2 Å². The molecule has 0 aliphatic heterocycles. The largest absolute Gasteiger partial charge is 0.396 e. The molecule has 29 heavy (non-hydrogen) atoms. The minimum atomic E-state index is 0. The SMILES string of the molecule is C.[B]C1CCC2(C)C(=CCC3C4CC=C(CCCCC(C)CO)C4(C)CCC32)C1. The summed E-state index contributed by atoms with van der Waals surface area (Å²) < 4.78 is 0. The summed E-state index contributed by atoms with van der Waals surface area (Å²) in [4.78, 5) is 0. The first kappa shape index (κ1) is 23.2. The first-order chi connectivity index (χ1) is 13.4. The lowest BCUT2D eigenvalue weighted by Crippen LogP contribution is -2.49. The van der Waals surface area contributed by atoms with Crippen LogP contribution < -0.4 is 0 Å². The van der Waals surface area contributed by atoms with Crippen molar-refractivity contribution in [1.82, 2.24) is 0 Å². The third-order valence-corrected chi connectivity index (χ3v) is 9.59. The van der Waals surface area contributed by atoms with Crippen molar-refractivity contribution in [3.63, 3.8) is 0 Å². The molecule has 4 aliphatic carbocycles. The zero-order chi connectivity index (χ0) is 19.9. The van der Waals surface area contributed by atoms with Crippen molar-refractivity contribution in [1.29, 1.82) is 0 Å². The number of hydrogen-bond donors (Lipinski definition) is 1. The van der Waals surface area contributed by atoms with Crippen LogP contribution in [0.3, 0.4) is 0 Å². The molecule has 0 amide bonds. The summed E-state index contributed by atoms with van der Waals surface area (Å²) in [7, 11) is 6.32. The zero-order valence-corrected chi connectivity index (χ0v) is 18.6. The maximum atomic E-state index is 9.25. The second-order valence-electron chi connectivity index (χ2n) is 11.2. The molecule has 4 aliphatic rings. The molecule has 2 radical (unpaired) electrons. The van der Waals surface area contributed by atoms with Crippen molar-refractivity contribution >= 4 is 7.85 Å². The van der Waals surface area contributed by atoms with Gasteiger partial charge in [0.2, 0.25) is 0 Å². The smallest absolute Gasteiger partial charge is 0.0703 e. The van der Waals surface area contributed by atoms with E-state index in [1.54, 1.807) is 11.1 Å². The molecule has 1 N–H and O–H groups in total. The van der Waals surface area contributed by atoms with Gasteiger partial charge in [0.15, 0.2) is 0 Å². The lowest BCUT2D eigenvalue weighted by molar-refractivity contribution is -0.0176. The predicted molar refractivity (Wildman–Crippen MR) is 126 cm³/mol. The van der Waals surface area contributed by atoms with Gasteiger partial charge >= 0.3 is 0 Å². The molecule has 0 aromatic carbocycles. The molecule has 0 bridgehead atoms. The first-order valence-corrected chi connectivity index (χ1v) is 12.1. The molecule has 7 atom stereocenters. The fourth-order valence-electron chi connectivity index (χ4n) is 7.63. The quantitative estimate of drug-likeness (QED) is 0.284. The van der Waals surface area contributed by atoms with Crippen LogP contribution in [0.25, 0.3) is 0 Å². The van der Waals surface area contributed by atoms with Gasteiger partial charge in [0, 0.05) is 6.61 Å². The average Bonchev–Trinajstić information content (AvgIpc) is 3.02. The van der Waals surface area contributed by atoms with E-state index in [2.05, 4.69) is 32.9 Å². The topological polar surface area (TPSA) is 20.2 Å². The van der Waals surface area contributed by atoms with Gasteiger partial charge in [0.05, 0.1) is 7.85 Å². The van der Waals surface area contributed by atoms with Crippen LogP contribution in [0.1, 0.15) is 98.8 Å². The van der Waals surface area contributed by atoms with Crippen molar-refractivity contribution in [2.24, 2.45) is 34.5 Å². The number of aliphatic hydroxyl groups excluding tert-OH is 1.